The Hall–Kier alpha value is -3.35. The van der Waals surface area contributed by atoms with Crippen molar-refractivity contribution >= 4 is 23.6 Å². The van der Waals surface area contributed by atoms with Gasteiger partial charge in [-0.05, 0) is 36.2 Å². The number of esters is 1. The number of carbonyl (C=O) groups excluding carboxylic acids is 3. The van der Waals surface area contributed by atoms with Crippen molar-refractivity contribution in [1.82, 2.24) is 5.32 Å². The van der Waals surface area contributed by atoms with Crippen LogP contribution in [0, 0.1) is 0 Å². The number of imide groups is 1. The molecule has 2 aromatic carbocycles. The van der Waals surface area contributed by atoms with Crippen LogP contribution in [0.3, 0.4) is 0 Å². The number of nitrogens with one attached hydrogen (secondary N) is 1. The van der Waals surface area contributed by atoms with Gasteiger partial charge in [0.05, 0.1) is 12.8 Å². The summed E-state index contributed by atoms with van der Waals surface area (Å²) in [5.41, 5.74) is 1.49. The average Bonchev–Trinajstić information content (AvgIpc) is 2.99. The van der Waals surface area contributed by atoms with E-state index in [0.29, 0.717) is 18.0 Å². The van der Waals surface area contributed by atoms with Gasteiger partial charge in [-0.2, -0.15) is 0 Å². The summed E-state index contributed by atoms with van der Waals surface area (Å²) in [7, 11) is 1.28. The predicted molar refractivity (Wildman–Crippen MR) is 98.3 cm³/mol. The molecule has 1 heterocycles. The first-order valence-corrected chi connectivity index (χ1v) is 8.56. The lowest BCUT2D eigenvalue weighted by atomic mass is 10.1. The van der Waals surface area contributed by atoms with Crippen molar-refractivity contribution in [3.63, 3.8) is 0 Å². The Balaban J connectivity index is 1.61. The molecule has 0 radical (unpaired) electrons. The summed E-state index contributed by atoms with van der Waals surface area (Å²) in [6, 6.07) is 15.2. The summed E-state index contributed by atoms with van der Waals surface area (Å²) in [5.74, 6) is -0.172. The molecule has 0 bridgehead atoms. The van der Waals surface area contributed by atoms with Gasteiger partial charge in [-0.1, -0.05) is 30.3 Å². The van der Waals surface area contributed by atoms with Crippen LogP contribution >= 0.6 is 0 Å². The number of methoxy groups -OCH3 is 1. The smallest absolute Gasteiger partial charge is 0.329 e. The lowest BCUT2D eigenvalue weighted by Crippen LogP contribution is -2.31. The van der Waals surface area contributed by atoms with E-state index in [4.69, 9.17) is 4.74 Å². The van der Waals surface area contributed by atoms with Crippen molar-refractivity contribution in [3.8, 4) is 5.75 Å². The van der Waals surface area contributed by atoms with E-state index in [-0.39, 0.29) is 18.7 Å². The average molecular weight is 368 g/mol. The van der Waals surface area contributed by atoms with Crippen molar-refractivity contribution in [2.75, 3.05) is 12.0 Å². The molecule has 1 saturated heterocycles. The van der Waals surface area contributed by atoms with Gasteiger partial charge < -0.3 is 14.8 Å². The highest BCUT2D eigenvalue weighted by molar-refractivity contribution is 6.21. The highest BCUT2D eigenvalue weighted by Crippen LogP contribution is 2.24. The molecule has 1 fully saturated rings. The Morgan fingerprint density at radius 1 is 1.07 bits per heavy atom. The molecule has 1 aliphatic rings. The number of hydrogen-bond acceptors (Lipinski definition) is 5. The molecule has 1 aliphatic heterocycles. The minimum absolute atomic E-state index is 0.0628. The van der Waals surface area contributed by atoms with Gasteiger partial charge in [0.2, 0.25) is 0 Å². The van der Waals surface area contributed by atoms with Crippen LogP contribution < -0.4 is 15.0 Å². The van der Waals surface area contributed by atoms with Crippen LogP contribution in [-0.4, -0.2) is 31.1 Å². The maximum Gasteiger partial charge on any atom is 0.329 e. The van der Waals surface area contributed by atoms with Gasteiger partial charge in [-0.15, -0.1) is 0 Å². The van der Waals surface area contributed by atoms with Crippen LogP contribution in [0.25, 0.3) is 0 Å². The summed E-state index contributed by atoms with van der Waals surface area (Å²) in [5, 5.41) is 2.59. The zero-order valence-electron chi connectivity index (χ0n) is 14.9. The third kappa shape index (κ3) is 4.44. The maximum absolute atomic E-state index is 12.5. The Bertz CT molecular complexity index is 820. The Morgan fingerprint density at radius 2 is 1.78 bits per heavy atom. The number of benzene rings is 2. The third-order valence-corrected chi connectivity index (χ3v) is 4.23. The predicted octanol–water partition coefficient (Wildman–Crippen LogP) is 2.64. The molecule has 0 spiro atoms. The number of rotatable bonds is 7. The SMILES string of the molecule is COC(=O)CC[C@H]1NC(=O)N(c2ccc(OCc3ccccc3)cc2)C1=O. The molecule has 2 aromatic rings. The van der Waals surface area contributed by atoms with E-state index in [1.807, 2.05) is 30.3 Å². The number of hydrogen-bond donors (Lipinski definition) is 1. The van der Waals surface area contributed by atoms with Gasteiger partial charge in [-0.3, -0.25) is 9.59 Å². The fourth-order valence-electron chi connectivity index (χ4n) is 2.77. The van der Waals surface area contributed by atoms with E-state index in [2.05, 4.69) is 10.1 Å². The number of carbonyl (C=O) groups is 3. The number of urea groups is 1. The van der Waals surface area contributed by atoms with E-state index < -0.39 is 18.0 Å². The largest absolute Gasteiger partial charge is 0.489 e. The lowest BCUT2D eigenvalue weighted by molar-refractivity contribution is -0.140. The van der Waals surface area contributed by atoms with Crippen LogP contribution in [0.2, 0.25) is 0 Å². The van der Waals surface area contributed by atoms with Gasteiger partial charge in [-0.25, -0.2) is 9.69 Å². The van der Waals surface area contributed by atoms with Gasteiger partial charge in [0, 0.05) is 6.42 Å². The molecule has 3 rings (SSSR count). The minimum Gasteiger partial charge on any atom is -0.489 e. The second-order valence-electron chi connectivity index (χ2n) is 6.06. The summed E-state index contributed by atoms with van der Waals surface area (Å²) in [4.78, 5) is 36.9. The standard InChI is InChI=1S/C20H20N2O5/c1-26-18(23)12-11-17-19(24)22(20(25)21-17)15-7-9-16(10-8-15)27-13-14-5-3-2-4-6-14/h2-10,17H,11-13H2,1H3,(H,21,25)/t17-/m1/s1. The summed E-state index contributed by atoms with van der Waals surface area (Å²) < 4.78 is 10.3. The maximum atomic E-state index is 12.5. The highest BCUT2D eigenvalue weighted by Gasteiger charge is 2.38. The third-order valence-electron chi connectivity index (χ3n) is 4.23. The number of nitrogens with zero attached hydrogens (tertiary/aromatic N) is 1. The molecule has 140 valence electrons. The lowest BCUT2D eigenvalue weighted by Gasteiger charge is -2.14. The van der Waals surface area contributed by atoms with Gasteiger partial charge >= 0.3 is 12.0 Å². The van der Waals surface area contributed by atoms with Crippen molar-refractivity contribution in [1.29, 1.82) is 0 Å². The van der Waals surface area contributed by atoms with Crippen molar-refractivity contribution in [3.05, 3.63) is 60.2 Å². The molecule has 0 saturated carbocycles. The van der Waals surface area contributed by atoms with Crippen molar-refractivity contribution < 1.29 is 23.9 Å². The zero-order chi connectivity index (χ0) is 19.2. The van der Waals surface area contributed by atoms with Crippen LogP contribution in [-0.2, 0) is 20.9 Å². The molecule has 7 nitrogen and oxygen atoms in total. The topological polar surface area (TPSA) is 84.9 Å². The first-order chi connectivity index (χ1) is 13.1. The quantitative estimate of drug-likeness (QED) is 0.600. The second-order valence-corrected chi connectivity index (χ2v) is 6.06. The minimum atomic E-state index is -0.731. The summed E-state index contributed by atoms with van der Waals surface area (Å²) in [6.07, 6.45) is 0.263. The van der Waals surface area contributed by atoms with Crippen LogP contribution in [0.15, 0.2) is 54.6 Å². The molecular weight excluding hydrogens is 348 g/mol. The fraction of sp³-hybridized carbons (Fsp3) is 0.250. The first kappa shape index (κ1) is 18.4. The Kier molecular flexibility index (Phi) is 5.71. The summed E-state index contributed by atoms with van der Waals surface area (Å²) >= 11 is 0. The normalized spacial score (nSPS) is 16.2. The van der Waals surface area contributed by atoms with E-state index in [9.17, 15) is 14.4 Å². The molecule has 0 aromatic heterocycles. The first-order valence-electron chi connectivity index (χ1n) is 8.56. The monoisotopic (exact) mass is 368 g/mol. The van der Waals surface area contributed by atoms with Crippen LogP contribution in [0.4, 0.5) is 10.5 Å². The molecule has 3 amide bonds. The molecule has 7 heteroatoms. The highest BCUT2D eigenvalue weighted by atomic mass is 16.5. The Morgan fingerprint density at radius 3 is 2.44 bits per heavy atom. The molecule has 1 atom stereocenters. The number of anilines is 1. The van der Waals surface area contributed by atoms with Gasteiger partial charge in [0.1, 0.15) is 18.4 Å². The van der Waals surface area contributed by atoms with E-state index in [1.165, 1.54) is 7.11 Å². The molecule has 0 unspecified atom stereocenters. The molecule has 0 aliphatic carbocycles. The summed E-state index contributed by atoms with van der Waals surface area (Å²) in [6.45, 7) is 0.429. The Labute approximate surface area is 156 Å². The molecular formula is C20H20N2O5. The van der Waals surface area contributed by atoms with Gasteiger partial charge in [0.25, 0.3) is 5.91 Å². The molecule has 1 N–H and O–H groups in total. The fourth-order valence-corrected chi connectivity index (χ4v) is 2.77. The van der Waals surface area contributed by atoms with Crippen LogP contribution in [0.5, 0.6) is 5.75 Å². The van der Waals surface area contributed by atoms with Gasteiger partial charge in [0.15, 0.2) is 0 Å². The zero-order valence-corrected chi connectivity index (χ0v) is 14.9. The number of ether oxygens (including phenoxy) is 2. The molecule has 27 heavy (non-hydrogen) atoms. The van der Waals surface area contributed by atoms with Crippen LogP contribution in [0.1, 0.15) is 18.4 Å². The number of amides is 3. The van der Waals surface area contributed by atoms with E-state index in [1.54, 1.807) is 24.3 Å². The van der Waals surface area contributed by atoms with E-state index in [0.717, 1.165) is 10.5 Å². The van der Waals surface area contributed by atoms with Crippen molar-refractivity contribution in [2.45, 2.75) is 25.5 Å². The van der Waals surface area contributed by atoms with Crippen molar-refractivity contribution in [2.24, 2.45) is 0 Å². The second kappa shape index (κ2) is 8.35. The van der Waals surface area contributed by atoms with E-state index >= 15 is 0 Å².